The molecule has 1 fully saturated rings. The molecule has 1 heterocycles. The molecule has 0 saturated carbocycles. The number of nitrogens with one attached hydrogen (secondary N) is 3. The van der Waals surface area contributed by atoms with Gasteiger partial charge in [-0.25, -0.2) is 8.42 Å². The van der Waals surface area contributed by atoms with Crippen molar-refractivity contribution in [1.29, 1.82) is 0 Å². The summed E-state index contributed by atoms with van der Waals surface area (Å²) in [6.07, 6.45) is 2.69. The predicted octanol–water partition coefficient (Wildman–Crippen LogP) is 2.66. The van der Waals surface area contributed by atoms with E-state index in [-0.39, 0.29) is 17.0 Å². The normalized spacial score (nSPS) is 14.6. The van der Waals surface area contributed by atoms with Crippen molar-refractivity contribution in [2.75, 3.05) is 25.0 Å². The van der Waals surface area contributed by atoms with Gasteiger partial charge in [0.1, 0.15) is 0 Å². The number of carbonyl (C=O) groups excluding carboxylic acids is 2. The zero-order valence-corrected chi connectivity index (χ0v) is 19.5. The molecule has 3 rings (SSSR count). The lowest BCUT2D eigenvalue weighted by atomic mass is 10.1. The van der Waals surface area contributed by atoms with E-state index in [0.717, 1.165) is 36.1 Å². The molecule has 0 bridgehead atoms. The number of anilines is 1. The van der Waals surface area contributed by atoms with Crippen molar-refractivity contribution in [3.8, 4) is 0 Å². The molecule has 2 aromatic carbocycles. The first-order chi connectivity index (χ1) is 15.2. The third-order valence-electron chi connectivity index (χ3n) is 5.54. The van der Waals surface area contributed by atoms with E-state index in [9.17, 15) is 18.0 Å². The highest BCUT2D eigenvalue weighted by molar-refractivity contribution is 7.89. The Hall–Kier alpha value is -2.91. The van der Waals surface area contributed by atoms with Crippen LogP contribution in [0.2, 0.25) is 0 Å². The van der Waals surface area contributed by atoms with Crippen LogP contribution in [0, 0.1) is 20.8 Å². The van der Waals surface area contributed by atoms with Gasteiger partial charge in [0.15, 0.2) is 0 Å². The van der Waals surface area contributed by atoms with E-state index >= 15 is 0 Å². The molecule has 0 unspecified atom stereocenters. The van der Waals surface area contributed by atoms with Crippen molar-refractivity contribution in [3.63, 3.8) is 0 Å². The van der Waals surface area contributed by atoms with Gasteiger partial charge in [0.25, 0.3) is 11.8 Å². The monoisotopic (exact) mass is 458 g/mol. The number of hydrazine groups is 1. The largest absolute Gasteiger partial charge is 0.376 e. The highest BCUT2D eigenvalue weighted by Gasteiger charge is 2.27. The molecule has 172 valence electrons. The number of piperidine rings is 1. The van der Waals surface area contributed by atoms with Gasteiger partial charge >= 0.3 is 0 Å². The van der Waals surface area contributed by atoms with Crippen molar-refractivity contribution in [2.45, 2.75) is 44.9 Å². The molecule has 32 heavy (non-hydrogen) atoms. The summed E-state index contributed by atoms with van der Waals surface area (Å²) in [6.45, 7) is 6.61. The highest BCUT2D eigenvalue weighted by atomic mass is 32.2. The smallest absolute Gasteiger partial charge is 0.269 e. The maximum Gasteiger partial charge on any atom is 0.269 e. The van der Waals surface area contributed by atoms with Crippen LogP contribution in [-0.4, -0.2) is 44.2 Å². The second-order valence-corrected chi connectivity index (χ2v) is 10.1. The van der Waals surface area contributed by atoms with E-state index in [1.165, 1.54) is 16.4 Å². The molecule has 0 aliphatic carbocycles. The van der Waals surface area contributed by atoms with Gasteiger partial charge in [0.05, 0.1) is 11.4 Å². The summed E-state index contributed by atoms with van der Waals surface area (Å²) >= 11 is 0. The molecular weight excluding hydrogens is 428 g/mol. The van der Waals surface area contributed by atoms with Crippen LogP contribution in [0.1, 0.15) is 46.3 Å². The average molecular weight is 459 g/mol. The van der Waals surface area contributed by atoms with E-state index in [0.29, 0.717) is 18.7 Å². The summed E-state index contributed by atoms with van der Waals surface area (Å²) in [5, 5.41) is 3.03. The van der Waals surface area contributed by atoms with E-state index in [1.54, 1.807) is 13.0 Å². The first kappa shape index (κ1) is 23.7. The highest BCUT2D eigenvalue weighted by Crippen LogP contribution is 2.23. The zero-order valence-electron chi connectivity index (χ0n) is 18.7. The third-order valence-corrected chi connectivity index (χ3v) is 7.44. The molecule has 0 spiro atoms. The van der Waals surface area contributed by atoms with Gasteiger partial charge < -0.3 is 5.32 Å². The molecule has 3 N–H and O–H groups in total. The van der Waals surface area contributed by atoms with Gasteiger partial charge in [-0.2, -0.15) is 4.31 Å². The number of amides is 2. The molecule has 1 aliphatic heterocycles. The minimum Gasteiger partial charge on any atom is -0.376 e. The zero-order chi connectivity index (χ0) is 23.3. The van der Waals surface area contributed by atoms with Crippen LogP contribution >= 0.6 is 0 Å². The fourth-order valence-electron chi connectivity index (χ4n) is 3.69. The minimum absolute atomic E-state index is 0.0213. The van der Waals surface area contributed by atoms with Crippen molar-refractivity contribution in [3.05, 3.63) is 58.7 Å². The SMILES string of the molecule is Cc1ccc(NCC(=O)NNC(=O)c2cc(S(=O)(=O)N3CCCCC3)ccc2C)c(C)c1. The Morgan fingerprint density at radius 2 is 1.62 bits per heavy atom. The summed E-state index contributed by atoms with van der Waals surface area (Å²) < 4.78 is 27.3. The summed E-state index contributed by atoms with van der Waals surface area (Å²) in [5.74, 6) is -0.994. The minimum atomic E-state index is -3.66. The Labute approximate surface area is 189 Å². The van der Waals surface area contributed by atoms with Crippen LogP contribution in [0.4, 0.5) is 5.69 Å². The number of sulfonamides is 1. The number of nitrogens with zero attached hydrogens (tertiary/aromatic N) is 1. The molecule has 0 atom stereocenters. The summed E-state index contributed by atoms with van der Waals surface area (Å²) in [7, 11) is -3.66. The number of benzene rings is 2. The lowest BCUT2D eigenvalue weighted by Gasteiger charge is -2.26. The summed E-state index contributed by atoms with van der Waals surface area (Å²) in [4.78, 5) is 24.9. The molecule has 2 amide bonds. The number of rotatable bonds is 6. The van der Waals surface area contributed by atoms with Gasteiger partial charge in [-0.1, -0.05) is 30.2 Å². The van der Waals surface area contributed by atoms with Gasteiger partial charge in [0.2, 0.25) is 10.0 Å². The molecule has 2 aromatic rings. The van der Waals surface area contributed by atoms with Crippen LogP contribution < -0.4 is 16.2 Å². The quantitative estimate of drug-likeness (QED) is 0.577. The number of aryl methyl sites for hydroxylation is 3. The predicted molar refractivity (Wildman–Crippen MR) is 124 cm³/mol. The van der Waals surface area contributed by atoms with Gasteiger partial charge in [-0.15, -0.1) is 0 Å². The van der Waals surface area contributed by atoms with Gasteiger partial charge in [0, 0.05) is 24.3 Å². The second-order valence-electron chi connectivity index (χ2n) is 8.12. The van der Waals surface area contributed by atoms with Crippen LogP contribution in [0.3, 0.4) is 0 Å². The van der Waals surface area contributed by atoms with E-state index in [4.69, 9.17) is 0 Å². The van der Waals surface area contributed by atoms with Crippen LogP contribution in [0.5, 0.6) is 0 Å². The lowest BCUT2D eigenvalue weighted by molar-refractivity contribution is -0.120. The summed E-state index contributed by atoms with van der Waals surface area (Å²) in [6, 6.07) is 10.3. The maximum absolute atomic E-state index is 12.9. The van der Waals surface area contributed by atoms with Crippen LogP contribution in [0.15, 0.2) is 41.3 Å². The first-order valence-electron chi connectivity index (χ1n) is 10.7. The molecule has 0 aromatic heterocycles. The third kappa shape index (κ3) is 5.66. The fraction of sp³-hybridized carbons (Fsp3) is 0.391. The Kier molecular flexibility index (Phi) is 7.52. The molecule has 0 radical (unpaired) electrons. The standard InChI is InChI=1S/C23H30N4O4S/c1-16-7-10-21(18(3)13-16)24-15-22(28)25-26-23(29)20-14-19(9-8-17(20)2)32(30,31)27-11-5-4-6-12-27/h7-10,13-14,24H,4-6,11-12,15H2,1-3H3,(H,25,28)(H,26,29). The van der Waals surface area contributed by atoms with Crippen molar-refractivity contribution in [1.82, 2.24) is 15.2 Å². The van der Waals surface area contributed by atoms with Crippen molar-refractivity contribution < 1.29 is 18.0 Å². The molecular formula is C23H30N4O4S. The number of hydrogen-bond acceptors (Lipinski definition) is 5. The topological polar surface area (TPSA) is 108 Å². The molecule has 9 heteroatoms. The van der Waals surface area contributed by atoms with E-state index < -0.39 is 21.8 Å². The second kappa shape index (κ2) is 10.1. The Morgan fingerprint density at radius 1 is 0.906 bits per heavy atom. The van der Waals surface area contributed by atoms with Crippen molar-refractivity contribution >= 4 is 27.5 Å². The average Bonchev–Trinajstić information content (AvgIpc) is 2.77. The van der Waals surface area contributed by atoms with Gasteiger partial charge in [-0.3, -0.25) is 20.4 Å². The fourth-order valence-corrected chi connectivity index (χ4v) is 5.23. The molecule has 1 saturated heterocycles. The Morgan fingerprint density at radius 3 is 2.31 bits per heavy atom. The van der Waals surface area contributed by atoms with E-state index in [1.807, 2.05) is 32.0 Å². The summed E-state index contributed by atoms with van der Waals surface area (Å²) in [5.41, 5.74) is 8.54. The Balaban J connectivity index is 1.62. The first-order valence-corrected chi connectivity index (χ1v) is 12.1. The molecule has 1 aliphatic rings. The number of carbonyl (C=O) groups is 2. The van der Waals surface area contributed by atoms with Crippen LogP contribution in [-0.2, 0) is 14.8 Å². The lowest BCUT2D eigenvalue weighted by Crippen LogP contribution is -2.44. The molecule has 8 nitrogen and oxygen atoms in total. The van der Waals surface area contributed by atoms with Gasteiger partial charge in [-0.05, 0) is 62.9 Å². The van der Waals surface area contributed by atoms with Crippen molar-refractivity contribution in [2.24, 2.45) is 0 Å². The van der Waals surface area contributed by atoms with E-state index in [2.05, 4.69) is 16.2 Å². The van der Waals surface area contributed by atoms with Crippen LogP contribution in [0.25, 0.3) is 0 Å². The maximum atomic E-state index is 12.9. The Bertz CT molecular complexity index is 1110. The number of hydrogen-bond donors (Lipinski definition) is 3.